The van der Waals surface area contributed by atoms with Crippen molar-refractivity contribution in [3.05, 3.63) is 50.7 Å². The second-order valence-corrected chi connectivity index (χ2v) is 6.27. The van der Waals surface area contributed by atoms with Gasteiger partial charge in [0.15, 0.2) is 0 Å². The summed E-state index contributed by atoms with van der Waals surface area (Å²) in [6.45, 7) is 4.29. The summed E-state index contributed by atoms with van der Waals surface area (Å²) in [5, 5.41) is 0. The number of nitrogens with two attached hydrogens (primary N) is 1. The van der Waals surface area contributed by atoms with Crippen molar-refractivity contribution >= 4 is 28.4 Å². The number of rotatable bonds is 4. The molecule has 2 rings (SSSR count). The molecule has 0 amide bonds. The molecule has 2 aromatic rings. The molecule has 3 nitrogen and oxygen atoms in total. The van der Waals surface area contributed by atoms with Gasteiger partial charge in [0, 0.05) is 6.42 Å². The van der Waals surface area contributed by atoms with Gasteiger partial charge in [0.2, 0.25) is 0 Å². The predicted molar refractivity (Wildman–Crippen MR) is 86.9 cm³/mol. The fourth-order valence-electron chi connectivity index (χ4n) is 1.95. The largest absolute Gasteiger partial charge is 0.383 e. The van der Waals surface area contributed by atoms with Crippen molar-refractivity contribution in [3.63, 3.8) is 0 Å². The van der Waals surface area contributed by atoms with Gasteiger partial charge in [-0.2, -0.15) is 0 Å². The van der Waals surface area contributed by atoms with Gasteiger partial charge in [-0.15, -0.1) is 0 Å². The Morgan fingerprint density at radius 2 is 1.85 bits per heavy atom. The van der Waals surface area contributed by atoms with Crippen molar-refractivity contribution in [3.8, 4) is 0 Å². The van der Waals surface area contributed by atoms with Crippen molar-refractivity contribution in [1.29, 1.82) is 0 Å². The fourth-order valence-corrected chi connectivity index (χ4v) is 2.41. The third kappa shape index (κ3) is 3.88. The highest BCUT2D eigenvalue weighted by Crippen LogP contribution is 2.20. The van der Waals surface area contributed by atoms with Crippen LogP contribution in [0.25, 0.3) is 0 Å². The van der Waals surface area contributed by atoms with Crippen LogP contribution in [0.3, 0.4) is 0 Å². The summed E-state index contributed by atoms with van der Waals surface area (Å²) >= 11 is 2.19. The monoisotopic (exact) mass is 385 g/mol. The van der Waals surface area contributed by atoms with Crippen LogP contribution in [0.4, 0.5) is 10.2 Å². The first kappa shape index (κ1) is 15.2. The summed E-state index contributed by atoms with van der Waals surface area (Å²) in [7, 11) is 0. The summed E-state index contributed by atoms with van der Waals surface area (Å²) in [5.41, 5.74) is 7.92. The number of hydrogen-bond donors (Lipinski definition) is 1. The lowest BCUT2D eigenvalue weighted by Crippen LogP contribution is -2.10. The van der Waals surface area contributed by atoms with Crippen LogP contribution >= 0.6 is 22.6 Å². The van der Waals surface area contributed by atoms with Gasteiger partial charge in [0.25, 0.3) is 0 Å². The van der Waals surface area contributed by atoms with E-state index in [4.69, 9.17) is 5.73 Å². The number of hydrogen-bond acceptors (Lipinski definition) is 3. The lowest BCUT2D eigenvalue weighted by Gasteiger charge is -2.11. The van der Waals surface area contributed by atoms with Crippen LogP contribution in [-0.2, 0) is 12.8 Å². The Bertz CT molecular complexity index is 597. The summed E-state index contributed by atoms with van der Waals surface area (Å²) < 4.78 is 13.8. The van der Waals surface area contributed by atoms with E-state index in [9.17, 15) is 4.39 Å². The highest BCUT2D eigenvalue weighted by Gasteiger charge is 2.12. The smallest absolute Gasteiger partial charge is 0.140 e. The molecule has 106 valence electrons. The lowest BCUT2D eigenvalue weighted by atomic mass is 10.1. The number of halogens is 2. The minimum atomic E-state index is -0.239. The topological polar surface area (TPSA) is 51.8 Å². The van der Waals surface area contributed by atoms with Crippen LogP contribution in [0.1, 0.15) is 30.9 Å². The summed E-state index contributed by atoms with van der Waals surface area (Å²) in [5.74, 6) is 1.48. The molecule has 0 aliphatic rings. The SMILES string of the molecule is CC(C)Cc1nc(Cc2ccc(F)cc2)nc(N)c1I. The van der Waals surface area contributed by atoms with Crippen LogP contribution in [0.5, 0.6) is 0 Å². The van der Waals surface area contributed by atoms with Gasteiger partial charge in [-0.3, -0.25) is 0 Å². The molecule has 0 spiro atoms. The molecule has 1 aromatic carbocycles. The Balaban J connectivity index is 2.27. The predicted octanol–water partition coefficient (Wildman–Crippen LogP) is 3.59. The highest BCUT2D eigenvalue weighted by molar-refractivity contribution is 14.1. The Hall–Kier alpha value is -1.24. The van der Waals surface area contributed by atoms with Gasteiger partial charge in [-0.25, -0.2) is 14.4 Å². The van der Waals surface area contributed by atoms with Gasteiger partial charge in [-0.1, -0.05) is 26.0 Å². The average molecular weight is 385 g/mol. The molecule has 5 heteroatoms. The van der Waals surface area contributed by atoms with Crippen LogP contribution in [0.2, 0.25) is 0 Å². The van der Waals surface area contributed by atoms with Gasteiger partial charge < -0.3 is 5.73 Å². The first-order chi connectivity index (χ1) is 9.45. The molecular weight excluding hydrogens is 368 g/mol. The third-order valence-corrected chi connectivity index (χ3v) is 4.04. The van der Waals surface area contributed by atoms with Crippen molar-refractivity contribution in [2.24, 2.45) is 5.92 Å². The van der Waals surface area contributed by atoms with Crippen molar-refractivity contribution < 1.29 is 4.39 Å². The maximum atomic E-state index is 12.9. The first-order valence-electron chi connectivity index (χ1n) is 6.51. The van der Waals surface area contributed by atoms with Gasteiger partial charge in [-0.05, 0) is 52.6 Å². The second kappa shape index (κ2) is 6.47. The number of anilines is 1. The van der Waals surface area contributed by atoms with E-state index < -0.39 is 0 Å². The zero-order valence-electron chi connectivity index (χ0n) is 11.5. The van der Waals surface area contributed by atoms with Crippen LogP contribution in [0, 0.1) is 15.3 Å². The van der Waals surface area contributed by atoms with E-state index >= 15 is 0 Å². The van der Waals surface area contributed by atoms with E-state index in [1.54, 1.807) is 12.1 Å². The normalized spacial score (nSPS) is 11.1. The zero-order chi connectivity index (χ0) is 14.7. The molecule has 1 heterocycles. The fraction of sp³-hybridized carbons (Fsp3) is 0.333. The molecule has 0 fully saturated rings. The number of aromatic nitrogens is 2. The molecule has 0 saturated heterocycles. The Morgan fingerprint density at radius 3 is 2.45 bits per heavy atom. The van der Waals surface area contributed by atoms with E-state index in [2.05, 4.69) is 46.4 Å². The maximum absolute atomic E-state index is 12.9. The standard InChI is InChI=1S/C15H17FIN3/c1-9(2)7-12-14(17)15(18)20-13(19-12)8-10-3-5-11(16)6-4-10/h3-6,9H,7-8H2,1-2H3,(H2,18,19,20). The van der Waals surface area contributed by atoms with E-state index in [1.807, 2.05) is 0 Å². The molecule has 0 aliphatic heterocycles. The molecule has 0 aliphatic carbocycles. The summed E-state index contributed by atoms with van der Waals surface area (Å²) in [6.07, 6.45) is 1.44. The number of nitrogen functional groups attached to an aromatic ring is 1. The van der Waals surface area contributed by atoms with E-state index in [0.29, 0.717) is 24.0 Å². The lowest BCUT2D eigenvalue weighted by molar-refractivity contribution is 0.625. The van der Waals surface area contributed by atoms with Crippen LogP contribution in [0.15, 0.2) is 24.3 Å². The summed E-state index contributed by atoms with van der Waals surface area (Å²) in [4.78, 5) is 8.92. The van der Waals surface area contributed by atoms with Crippen LogP contribution < -0.4 is 5.73 Å². The van der Waals surface area contributed by atoms with Gasteiger partial charge >= 0.3 is 0 Å². The first-order valence-corrected chi connectivity index (χ1v) is 7.58. The van der Waals surface area contributed by atoms with E-state index in [0.717, 1.165) is 21.2 Å². The number of nitrogens with zero attached hydrogens (tertiary/aromatic N) is 2. The van der Waals surface area contributed by atoms with Crippen molar-refractivity contribution in [2.45, 2.75) is 26.7 Å². The minimum Gasteiger partial charge on any atom is -0.383 e. The zero-order valence-corrected chi connectivity index (χ0v) is 13.7. The highest BCUT2D eigenvalue weighted by atomic mass is 127. The van der Waals surface area contributed by atoms with E-state index in [1.165, 1.54) is 12.1 Å². The molecule has 0 saturated carbocycles. The molecular formula is C15H17FIN3. The van der Waals surface area contributed by atoms with Gasteiger partial charge in [0.1, 0.15) is 17.5 Å². The van der Waals surface area contributed by atoms with E-state index in [-0.39, 0.29) is 5.82 Å². The Morgan fingerprint density at radius 1 is 1.20 bits per heavy atom. The summed E-state index contributed by atoms with van der Waals surface area (Å²) in [6, 6.07) is 6.38. The molecule has 2 N–H and O–H groups in total. The number of benzene rings is 1. The Kier molecular flexibility index (Phi) is 4.91. The minimum absolute atomic E-state index is 0.239. The Labute approximate surface area is 132 Å². The molecule has 0 bridgehead atoms. The quantitative estimate of drug-likeness (QED) is 0.819. The van der Waals surface area contributed by atoms with Crippen LogP contribution in [-0.4, -0.2) is 9.97 Å². The maximum Gasteiger partial charge on any atom is 0.140 e. The molecule has 0 unspecified atom stereocenters. The van der Waals surface area contributed by atoms with Gasteiger partial charge in [0.05, 0.1) is 9.26 Å². The third-order valence-electron chi connectivity index (χ3n) is 2.87. The molecule has 1 aromatic heterocycles. The van der Waals surface area contributed by atoms with Crippen molar-refractivity contribution in [2.75, 3.05) is 5.73 Å². The second-order valence-electron chi connectivity index (χ2n) is 5.19. The van der Waals surface area contributed by atoms with Crippen molar-refractivity contribution in [1.82, 2.24) is 9.97 Å². The molecule has 20 heavy (non-hydrogen) atoms. The molecule has 0 radical (unpaired) electrons. The molecule has 0 atom stereocenters. The average Bonchev–Trinajstić information content (AvgIpc) is 2.37.